The van der Waals surface area contributed by atoms with Crippen molar-refractivity contribution in [3.05, 3.63) is 0 Å². The molecular weight excluding hydrogens is 408 g/mol. The normalized spacial score (nSPS) is 58.0. The summed E-state index contributed by atoms with van der Waals surface area (Å²) in [6.07, 6.45) is 8.10. The molecule has 5 fully saturated rings. The summed E-state index contributed by atoms with van der Waals surface area (Å²) < 4.78 is 0. The lowest BCUT2D eigenvalue weighted by Gasteiger charge is -2.74. The van der Waals surface area contributed by atoms with Crippen LogP contribution >= 0.6 is 0 Å². The molecule has 0 aromatic carbocycles. The molecule has 5 aliphatic rings. The van der Waals surface area contributed by atoms with E-state index in [2.05, 4.69) is 55.4 Å². The molecule has 186 valence electrons. The van der Waals surface area contributed by atoms with E-state index in [1.165, 1.54) is 12.8 Å². The zero-order valence-corrected chi connectivity index (χ0v) is 22.5. The molecule has 5 rings (SSSR count). The zero-order valence-electron chi connectivity index (χ0n) is 22.5. The van der Waals surface area contributed by atoms with Crippen LogP contribution in [0.25, 0.3) is 0 Å². The molecule has 0 amide bonds. The summed E-state index contributed by atoms with van der Waals surface area (Å²) in [5.74, 6) is 1.69. The van der Waals surface area contributed by atoms with E-state index in [0.717, 1.165) is 25.7 Å². The Balaban J connectivity index is 1.63. The molecule has 0 aromatic heterocycles. The zero-order chi connectivity index (χ0) is 24.4. The molecule has 0 spiro atoms. The first kappa shape index (κ1) is 24.0. The van der Waals surface area contributed by atoms with Gasteiger partial charge < -0.3 is 5.11 Å². The molecule has 0 aromatic rings. The molecular formula is C30H48O3. The average molecular weight is 457 g/mol. The summed E-state index contributed by atoms with van der Waals surface area (Å²) in [5.41, 5.74) is -0.425. The van der Waals surface area contributed by atoms with Gasteiger partial charge in [0.05, 0.1) is 6.10 Å². The van der Waals surface area contributed by atoms with Gasteiger partial charge in [0, 0.05) is 30.1 Å². The molecule has 3 heteroatoms. The monoisotopic (exact) mass is 456 g/mol. The first-order valence-electron chi connectivity index (χ1n) is 13.8. The van der Waals surface area contributed by atoms with E-state index in [0.29, 0.717) is 48.1 Å². The van der Waals surface area contributed by atoms with Gasteiger partial charge in [-0.05, 0) is 83.9 Å². The number of aliphatic hydroxyl groups excluding tert-OH is 1. The topological polar surface area (TPSA) is 54.4 Å². The molecule has 33 heavy (non-hydrogen) atoms. The molecule has 1 N–H and O–H groups in total. The molecule has 0 saturated heterocycles. The van der Waals surface area contributed by atoms with E-state index < -0.39 is 11.5 Å². The smallest absolute Gasteiger partial charge is 0.140 e. The Kier molecular flexibility index (Phi) is 4.90. The summed E-state index contributed by atoms with van der Waals surface area (Å²) in [6.45, 7) is 18.7. The first-order valence-corrected chi connectivity index (χ1v) is 13.8. The maximum atomic E-state index is 14.3. The van der Waals surface area contributed by atoms with E-state index in [1.54, 1.807) is 0 Å². The van der Waals surface area contributed by atoms with E-state index in [1.807, 2.05) is 0 Å². The molecule has 0 bridgehead atoms. The highest BCUT2D eigenvalue weighted by atomic mass is 16.3. The Hall–Kier alpha value is -0.700. The molecule has 5 saturated carbocycles. The third kappa shape index (κ3) is 2.78. The van der Waals surface area contributed by atoms with Gasteiger partial charge in [-0.1, -0.05) is 55.4 Å². The largest absolute Gasteiger partial charge is 0.393 e. The standard InChI is InChI=1S/C30H48O3/c1-18-19(31)9-10-21-27(5)13-14-29(7)22-16-25(2,3)11-12-26(22,4)17-23(33)30(29,8)24(27)20(32)15-28(18,21)6/h18,20-22,24,32H,9-17H2,1-8H3/t18-,20+,21+,22+,24-,26+,27-,28-,29-,30+/m0/s1. The van der Waals surface area contributed by atoms with Gasteiger partial charge in [0.1, 0.15) is 11.6 Å². The lowest BCUT2D eigenvalue weighted by atomic mass is 9.29. The Morgan fingerprint density at radius 1 is 0.818 bits per heavy atom. The highest BCUT2D eigenvalue weighted by molar-refractivity contribution is 5.88. The fourth-order valence-corrected chi connectivity index (χ4v) is 11.1. The number of aliphatic hydroxyl groups is 1. The van der Waals surface area contributed by atoms with Crippen LogP contribution < -0.4 is 0 Å². The average Bonchev–Trinajstić information content (AvgIpc) is 2.70. The fourth-order valence-electron chi connectivity index (χ4n) is 11.1. The van der Waals surface area contributed by atoms with E-state index in [4.69, 9.17) is 0 Å². The molecule has 5 aliphatic carbocycles. The van der Waals surface area contributed by atoms with Crippen LogP contribution in [0.15, 0.2) is 0 Å². The number of carbonyl (C=O) groups excluding carboxylic acids is 2. The maximum Gasteiger partial charge on any atom is 0.140 e. The Labute approximate surface area is 201 Å². The van der Waals surface area contributed by atoms with Crippen molar-refractivity contribution in [3.63, 3.8) is 0 Å². The van der Waals surface area contributed by atoms with Crippen LogP contribution in [0.5, 0.6) is 0 Å². The second-order valence-corrected chi connectivity index (χ2v) is 15.3. The lowest BCUT2D eigenvalue weighted by Crippen LogP contribution is -2.73. The molecule has 0 unspecified atom stereocenters. The van der Waals surface area contributed by atoms with Crippen LogP contribution in [-0.4, -0.2) is 22.8 Å². The van der Waals surface area contributed by atoms with Crippen LogP contribution in [0, 0.1) is 56.2 Å². The summed E-state index contributed by atoms with van der Waals surface area (Å²) >= 11 is 0. The number of rotatable bonds is 0. The minimum absolute atomic E-state index is 0.00529. The third-order valence-corrected chi connectivity index (χ3v) is 13.4. The number of carbonyl (C=O) groups is 2. The van der Waals surface area contributed by atoms with Crippen LogP contribution in [0.4, 0.5) is 0 Å². The van der Waals surface area contributed by atoms with Crippen LogP contribution in [-0.2, 0) is 9.59 Å². The van der Waals surface area contributed by atoms with E-state index in [9.17, 15) is 14.7 Å². The molecule has 0 aliphatic heterocycles. The number of ketones is 2. The number of fused-ring (bicyclic) bond motifs is 7. The van der Waals surface area contributed by atoms with Crippen molar-refractivity contribution in [3.8, 4) is 0 Å². The lowest BCUT2D eigenvalue weighted by molar-refractivity contribution is -0.267. The second-order valence-electron chi connectivity index (χ2n) is 15.3. The minimum atomic E-state index is -0.515. The van der Waals surface area contributed by atoms with Gasteiger partial charge in [-0.25, -0.2) is 0 Å². The molecule has 0 heterocycles. The van der Waals surface area contributed by atoms with E-state index in [-0.39, 0.29) is 33.5 Å². The predicted octanol–water partition coefficient (Wildman–Crippen LogP) is 6.61. The van der Waals surface area contributed by atoms with Gasteiger partial charge in [0.15, 0.2) is 0 Å². The van der Waals surface area contributed by atoms with Crippen LogP contribution in [0.2, 0.25) is 0 Å². The van der Waals surface area contributed by atoms with Crippen molar-refractivity contribution in [2.45, 2.75) is 119 Å². The SMILES string of the molecule is C[C@H]1C(=O)CC[C@@H]2[C@]3(C)CC[C@@]4(C)[C@@H]5CC(C)(C)CC[C@]5(C)CC(=O)[C@]4(C)[C@H]3[C@H](O)C[C@]21C. The Morgan fingerprint density at radius 2 is 1.48 bits per heavy atom. The highest BCUT2D eigenvalue weighted by Gasteiger charge is 2.75. The van der Waals surface area contributed by atoms with Crippen molar-refractivity contribution in [1.82, 2.24) is 0 Å². The highest BCUT2D eigenvalue weighted by Crippen LogP contribution is 2.77. The maximum absolute atomic E-state index is 14.3. The Bertz CT molecular complexity index is 891. The molecule has 10 atom stereocenters. The fraction of sp³-hybridized carbons (Fsp3) is 0.933. The second kappa shape index (κ2) is 6.74. The summed E-state index contributed by atoms with van der Waals surface area (Å²) in [7, 11) is 0. The third-order valence-electron chi connectivity index (χ3n) is 13.4. The van der Waals surface area contributed by atoms with Crippen LogP contribution in [0.1, 0.15) is 113 Å². The summed E-state index contributed by atoms with van der Waals surface area (Å²) in [6, 6.07) is 0. The molecule has 3 nitrogen and oxygen atoms in total. The number of Topliss-reactive ketones (excluding diaryl/α,β-unsaturated/α-hetero) is 2. The Morgan fingerprint density at radius 3 is 2.15 bits per heavy atom. The number of hydrogen-bond acceptors (Lipinski definition) is 3. The summed E-state index contributed by atoms with van der Waals surface area (Å²) in [4.78, 5) is 27.0. The van der Waals surface area contributed by atoms with Crippen LogP contribution in [0.3, 0.4) is 0 Å². The quantitative estimate of drug-likeness (QED) is 0.446. The van der Waals surface area contributed by atoms with Crippen molar-refractivity contribution in [2.24, 2.45) is 56.2 Å². The van der Waals surface area contributed by atoms with Gasteiger partial charge in [0.2, 0.25) is 0 Å². The van der Waals surface area contributed by atoms with Crippen molar-refractivity contribution in [2.75, 3.05) is 0 Å². The van der Waals surface area contributed by atoms with Gasteiger partial charge in [-0.3, -0.25) is 9.59 Å². The van der Waals surface area contributed by atoms with Gasteiger partial charge in [-0.2, -0.15) is 0 Å². The van der Waals surface area contributed by atoms with E-state index >= 15 is 0 Å². The van der Waals surface area contributed by atoms with Gasteiger partial charge in [-0.15, -0.1) is 0 Å². The predicted molar refractivity (Wildman–Crippen MR) is 132 cm³/mol. The first-order chi connectivity index (χ1) is 15.1. The van der Waals surface area contributed by atoms with Crippen molar-refractivity contribution < 1.29 is 14.7 Å². The number of hydrogen-bond donors (Lipinski definition) is 1. The van der Waals surface area contributed by atoms with Crippen molar-refractivity contribution >= 4 is 11.6 Å². The summed E-state index contributed by atoms with van der Waals surface area (Å²) in [5, 5.41) is 11.9. The van der Waals surface area contributed by atoms with Gasteiger partial charge >= 0.3 is 0 Å². The molecule has 0 radical (unpaired) electrons. The van der Waals surface area contributed by atoms with Gasteiger partial charge in [0.25, 0.3) is 0 Å². The minimum Gasteiger partial charge on any atom is -0.393 e. The van der Waals surface area contributed by atoms with Crippen molar-refractivity contribution in [1.29, 1.82) is 0 Å².